The van der Waals surface area contributed by atoms with Gasteiger partial charge in [-0.05, 0) is 6.92 Å². The zero-order valence-corrected chi connectivity index (χ0v) is 13.3. The summed E-state index contributed by atoms with van der Waals surface area (Å²) < 4.78 is 14.9. The number of nitrogens with zero attached hydrogens (tertiary/aromatic N) is 1. The molecule has 0 saturated carbocycles. The minimum Gasteiger partial charge on any atom is -0.462 e. The minimum absolute atomic E-state index is 0.121. The summed E-state index contributed by atoms with van der Waals surface area (Å²) in [5.74, 6) is -0.546. The van der Waals surface area contributed by atoms with E-state index in [2.05, 4.69) is 4.90 Å². The molecule has 1 aliphatic rings. The number of hydrogen-bond donors (Lipinski definition) is 0. The second-order valence-corrected chi connectivity index (χ2v) is 6.08. The largest absolute Gasteiger partial charge is 0.462 e. The summed E-state index contributed by atoms with van der Waals surface area (Å²) >= 11 is 1.97. The van der Waals surface area contributed by atoms with Crippen LogP contribution in [0.25, 0.3) is 0 Å². The van der Waals surface area contributed by atoms with E-state index >= 15 is 0 Å². The predicted molar refractivity (Wildman–Crippen MR) is 77.3 cm³/mol. The summed E-state index contributed by atoms with van der Waals surface area (Å²) in [5, 5.41) is 0. The first-order valence-corrected chi connectivity index (χ1v) is 7.60. The number of halogens is 1. The summed E-state index contributed by atoms with van der Waals surface area (Å²) in [6.07, 6.45) is 0.358. The molecule has 1 saturated heterocycles. The molecule has 6 nitrogen and oxygen atoms in total. The van der Waals surface area contributed by atoms with Crippen LogP contribution in [0, 0.1) is 0 Å². The van der Waals surface area contributed by atoms with Crippen LogP contribution in [-0.4, -0.2) is 66.8 Å². The van der Waals surface area contributed by atoms with Crippen LogP contribution in [0.4, 0.5) is 0 Å². The molecule has 19 heavy (non-hydrogen) atoms. The Balaban J connectivity index is 2.00. The highest BCUT2D eigenvalue weighted by molar-refractivity contribution is 14.1. The van der Waals surface area contributed by atoms with Gasteiger partial charge in [-0.25, -0.2) is 0 Å². The van der Waals surface area contributed by atoms with Crippen LogP contribution in [0.1, 0.15) is 13.3 Å². The first kappa shape index (κ1) is 16.6. The lowest BCUT2D eigenvalue weighted by atomic mass is 10.3. The molecule has 0 aromatic rings. The molecule has 0 spiro atoms. The highest BCUT2D eigenvalue weighted by Crippen LogP contribution is 2.01. The van der Waals surface area contributed by atoms with Crippen LogP contribution in [0.3, 0.4) is 0 Å². The molecule has 0 N–H and O–H groups in total. The molecule has 0 aromatic carbocycles. The molecule has 1 aliphatic heterocycles. The predicted octanol–water partition coefficient (Wildman–Crippen LogP) is 0.619. The van der Waals surface area contributed by atoms with Gasteiger partial charge in [-0.15, -0.1) is 0 Å². The molecule has 0 radical (unpaired) electrons. The van der Waals surface area contributed by atoms with Gasteiger partial charge < -0.3 is 14.2 Å². The molecule has 1 fully saturated rings. The van der Waals surface area contributed by atoms with Crippen molar-refractivity contribution >= 4 is 34.5 Å². The van der Waals surface area contributed by atoms with Gasteiger partial charge in [-0.3, -0.25) is 14.5 Å². The minimum atomic E-state index is -0.287. The first-order chi connectivity index (χ1) is 9.09. The molecule has 0 aliphatic carbocycles. The molecule has 0 bridgehead atoms. The number of hydrogen-bond acceptors (Lipinski definition) is 6. The molecule has 0 amide bonds. The molecular formula is C12H20INO5. The number of ether oxygens (including phenoxy) is 3. The summed E-state index contributed by atoms with van der Waals surface area (Å²) in [7, 11) is 0. The quantitative estimate of drug-likeness (QED) is 0.277. The van der Waals surface area contributed by atoms with Gasteiger partial charge in [0.05, 0.1) is 19.6 Å². The van der Waals surface area contributed by atoms with Crippen molar-refractivity contribution in [2.45, 2.75) is 17.3 Å². The summed E-state index contributed by atoms with van der Waals surface area (Å²) in [5.41, 5.74) is 0. The average molecular weight is 385 g/mol. The zero-order chi connectivity index (χ0) is 14.1. The number of esters is 2. The van der Waals surface area contributed by atoms with E-state index in [4.69, 9.17) is 14.2 Å². The lowest BCUT2D eigenvalue weighted by Crippen LogP contribution is -2.37. The van der Waals surface area contributed by atoms with Crippen molar-refractivity contribution in [1.29, 1.82) is 0 Å². The van der Waals surface area contributed by atoms with Crippen LogP contribution >= 0.6 is 22.6 Å². The zero-order valence-electron chi connectivity index (χ0n) is 11.1. The van der Waals surface area contributed by atoms with E-state index in [1.807, 2.05) is 22.6 Å². The maximum absolute atomic E-state index is 11.4. The Morgan fingerprint density at radius 2 is 1.89 bits per heavy atom. The van der Waals surface area contributed by atoms with E-state index in [0.717, 1.165) is 26.3 Å². The van der Waals surface area contributed by atoms with Gasteiger partial charge in [0.25, 0.3) is 0 Å². The fourth-order valence-corrected chi connectivity index (χ4v) is 1.74. The summed E-state index contributed by atoms with van der Waals surface area (Å²) in [4.78, 5) is 24.7. The third-order valence-corrected chi connectivity index (χ3v) is 3.16. The van der Waals surface area contributed by atoms with Gasteiger partial charge in [-0.2, -0.15) is 0 Å². The SMILES string of the molecule is CC(I)C(=O)OCCOC(=O)CCN1CCOCC1. The van der Waals surface area contributed by atoms with Crippen molar-refractivity contribution in [3.8, 4) is 0 Å². The maximum Gasteiger partial charge on any atom is 0.318 e. The number of morpholine rings is 1. The van der Waals surface area contributed by atoms with E-state index in [-0.39, 0.29) is 29.1 Å². The fourth-order valence-electron chi connectivity index (χ4n) is 1.56. The lowest BCUT2D eigenvalue weighted by Gasteiger charge is -2.25. The monoisotopic (exact) mass is 385 g/mol. The molecule has 0 aromatic heterocycles. The van der Waals surface area contributed by atoms with E-state index in [9.17, 15) is 9.59 Å². The molecule has 1 rings (SSSR count). The Morgan fingerprint density at radius 1 is 1.26 bits per heavy atom. The summed E-state index contributed by atoms with van der Waals surface area (Å²) in [6.45, 7) is 5.84. The van der Waals surface area contributed by atoms with Gasteiger partial charge in [0.15, 0.2) is 0 Å². The topological polar surface area (TPSA) is 65.1 Å². The van der Waals surface area contributed by atoms with E-state index in [1.165, 1.54) is 0 Å². The van der Waals surface area contributed by atoms with E-state index < -0.39 is 0 Å². The molecule has 110 valence electrons. The van der Waals surface area contributed by atoms with Crippen LogP contribution in [0.2, 0.25) is 0 Å². The fraction of sp³-hybridized carbons (Fsp3) is 0.833. The van der Waals surface area contributed by atoms with Crippen LogP contribution in [-0.2, 0) is 23.8 Å². The number of carbonyl (C=O) groups is 2. The summed E-state index contributed by atoms with van der Waals surface area (Å²) in [6, 6.07) is 0. The lowest BCUT2D eigenvalue weighted by molar-refractivity contribution is -0.151. The molecular weight excluding hydrogens is 365 g/mol. The smallest absolute Gasteiger partial charge is 0.318 e. The van der Waals surface area contributed by atoms with Crippen molar-refractivity contribution in [2.24, 2.45) is 0 Å². The molecule has 1 heterocycles. The average Bonchev–Trinajstić information content (AvgIpc) is 2.42. The van der Waals surface area contributed by atoms with Crippen LogP contribution < -0.4 is 0 Å². The highest BCUT2D eigenvalue weighted by Gasteiger charge is 2.13. The Hall–Kier alpha value is -0.410. The number of alkyl halides is 1. The van der Waals surface area contributed by atoms with Crippen molar-refractivity contribution in [2.75, 3.05) is 46.1 Å². The second-order valence-electron chi connectivity index (χ2n) is 4.21. The third-order valence-electron chi connectivity index (χ3n) is 2.65. The second kappa shape index (κ2) is 9.49. The van der Waals surface area contributed by atoms with Crippen molar-refractivity contribution in [3.05, 3.63) is 0 Å². The Bertz CT molecular complexity index is 292. The first-order valence-electron chi connectivity index (χ1n) is 6.36. The van der Waals surface area contributed by atoms with Gasteiger partial charge >= 0.3 is 11.9 Å². The standard InChI is InChI=1S/C12H20INO5/c1-10(13)12(16)19-9-8-18-11(15)2-3-14-4-6-17-7-5-14/h10H,2-9H2,1H3. The van der Waals surface area contributed by atoms with Gasteiger partial charge in [0, 0.05) is 19.6 Å². The molecule has 1 atom stereocenters. The van der Waals surface area contributed by atoms with Gasteiger partial charge in [-0.1, -0.05) is 22.6 Å². The molecule has 1 unspecified atom stereocenters. The van der Waals surface area contributed by atoms with Gasteiger partial charge in [0.1, 0.15) is 17.1 Å². The Morgan fingerprint density at radius 3 is 2.53 bits per heavy atom. The van der Waals surface area contributed by atoms with Crippen molar-refractivity contribution in [3.63, 3.8) is 0 Å². The Kier molecular flexibility index (Phi) is 8.31. The van der Waals surface area contributed by atoms with E-state index in [1.54, 1.807) is 6.92 Å². The van der Waals surface area contributed by atoms with Crippen molar-refractivity contribution < 1.29 is 23.8 Å². The van der Waals surface area contributed by atoms with Gasteiger partial charge in [0.2, 0.25) is 0 Å². The number of carbonyl (C=O) groups excluding carboxylic acids is 2. The van der Waals surface area contributed by atoms with E-state index in [0.29, 0.717) is 13.0 Å². The highest BCUT2D eigenvalue weighted by atomic mass is 127. The van der Waals surface area contributed by atoms with Crippen LogP contribution in [0.5, 0.6) is 0 Å². The van der Waals surface area contributed by atoms with Crippen molar-refractivity contribution in [1.82, 2.24) is 4.90 Å². The normalized spacial score (nSPS) is 17.8. The third kappa shape index (κ3) is 7.68. The van der Waals surface area contributed by atoms with Crippen LogP contribution in [0.15, 0.2) is 0 Å². The number of rotatable bonds is 7. The molecule has 7 heteroatoms. The Labute approximate surface area is 126 Å². The maximum atomic E-state index is 11.4.